The molecule has 4 rings (SSSR count). The number of para-hydroxylation sites is 1. The molecular weight excluding hydrogens is 418 g/mol. The Bertz CT molecular complexity index is 1200. The number of nitrogens with zero attached hydrogens (tertiary/aromatic N) is 3. The normalized spacial score (nSPS) is 10.6. The van der Waals surface area contributed by atoms with Gasteiger partial charge in [0.25, 0.3) is 11.8 Å². The molecule has 0 bridgehead atoms. The molecule has 0 radical (unpaired) electrons. The summed E-state index contributed by atoms with van der Waals surface area (Å²) in [6.07, 6.45) is 3.06. The van der Waals surface area contributed by atoms with Crippen LogP contribution in [0.5, 0.6) is 0 Å². The number of benzene rings is 2. The monoisotopic (exact) mass is 435 g/mol. The predicted octanol–water partition coefficient (Wildman–Crippen LogP) is 3.37. The van der Waals surface area contributed by atoms with Crippen LogP contribution in [0.2, 0.25) is 5.02 Å². The van der Waals surface area contributed by atoms with Crippen molar-refractivity contribution >= 4 is 23.4 Å². The van der Waals surface area contributed by atoms with Gasteiger partial charge in [-0.25, -0.2) is 4.68 Å². The van der Waals surface area contributed by atoms with Crippen LogP contribution in [-0.2, 0) is 13.1 Å². The van der Waals surface area contributed by atoms with Gasteiger partial charge in [0.15, 0.2) is 5.69 Å². The van der Waals surface area contributed by atoms with E-state index in [1.807, 2.05) is 18.2 Å². The van der Waals surface area contributed by atoms with Crippen LogP contribution < -0.4 is 10.6 Å². The molecular formula is C22H18ClN5O3. The Hall–Kier alpha value is -3.91. The van der Waals surface area contributed by atoms with E-state index in [1.54, 1.807) is 48.7 Å². The van der Waals surface area contributed by atoms with Crippen LogP contribution in [0, 0.1) is 0 Å². The van der Waals surface area contributed by atoms with Gasteiger partial charge in [-0.1, -0.05) is 41.1 Å². The van der Waals surface area contributed by atoms with Crippen molar-refractivity contribution in [3.63, 3.8) is 0 Å². The minimum Gasteiger partial charge on any atom is -0.467 e. The zero-order valence-corrected chi connectivity index (χ0v) is 17.0. The van der Waals surface area contributed by atoms with Crippen molar-refractivity contribution in [3.05, 3.63) is 101 Å². The van der Waals surface area contributed by atoms with Crippen LogP contribution in [-0.4, -0.2) is 26.8 Å². The maximum Gasteiger partial charge on any atom is 0.273 e. The van der Waals surface area contributed by atoms with E-state index in [9.17, 15) is 9.59 Å². The molecule has 0 fully saturated rings. The Labute approximate surface area is 182 Å². The molecule has 2 N–H and O–H groups in total. The summed E-state index contributed by atoms with van der Waals surface area (Å²) in [5.74, 6) is 0.0554. The number of carbonyl (C=O) groups excluding carboxylic acids is 2. The van der Waals surface area contributed by atoms with Gasteiger partial charge >= 0.3 is 0 Å². The van der Waals surface area contributed by atoms with E-state index >= 15 is 0 Å². The number of rotatable bonds is 7. The van der Waals surface area contributed by atoms with Crippen molar-refractivity contribution in [1.29, 1.82) is 0 Å². The van der Waals surface area contributed by atoms with E-state index in [2.05, 4.69) is 20.9 Å². The summed E-state index contributed by atoms with van der Waals surface area (Å²) in [7, 11) is 0. The number of furan rings is 1. The second-order valence-corrected chi connectivity index (χ2v) is 7.05. The summed E-state index contributed by atoms with van der Waals surface area (Å²) < 4.78 is 6.65. The highest BCUT2D eigenvalue weighted by atomic mass is 35.5. The largest absolute Gasteiger partial charge is 0.467 e. The summed E-state index contributed by atoms with van der Waals surface area (Å²) in [5, 5.41) is 13.9. The minimum atomic E-state index is -0.383. The molecule has 156 valence electrons. The molecule has 0 spiro atoms. The summed E-state index contributed by atoms with van der Waals surface area (Å²) in [4.78, 5) is 24.8. The SMILES string of the molecule is O=C(NCc1ccco1)c1cccc(CNC(=O)c2cn(-c3ccccc3Cl)nn2)c1. The number of carbonyl (C=O) groups is 2. The van der Waals surface area contributed by atoms with Gasteiger partial charge in [-0.3, -0.25) is 9.59 Å². The Morgan fingerprint density at radius 1 is 0.968 bits per heavy atom. The molecule has 0 aliphatic carbocycles. The number of hydrogen-bond acceptors (Lipinski definition) is 5. The van der Waals surface area contributed by atoms with Crippen molar-refractivity contribution in [2.24, 2.45) is 0 Å². The number of aromatic nitrogens is 3. The fourth-order valence-corrected chi connectivity index (χ4v) is 3.12. The first-order chi connectivity index (χ1) is 15.1. The third-order valence-electron chi connectivity index (χ3n) is 4.47. The van der Waals surface area contributed by atoms with Crippen LogP contribution in [0.3, 0.4) is 0 Å². The smallest absolute Gasteiger partial charge is 0.273 e. The summed E-state index contributed by atoms with van der Waals surface area (Å²) in [6, 6.07) is 17.7. The highest BCUT2D eigenvalue weighted by molar-refractivity contribution is 6.32. The van der Waals surface area contributed by atoms with Crippen molar-refractivity contribution in [2.75, 3.05) is 0 Å². The lowest BCUT2D eigenvalue weighted by Crippen LogP contribution is -2.24. The average Bonchev–Trinajstić information content (AvgIpc) is 3.49. The molecule has 0 aliphatic heterocycles. The maximum absolute atomic E-state index is 12.5. The van der Waals surface area contributed by atoms with Crippen molar-refractivity contribution in [1.82, 2.24) is 25.6 Å². The molecule has 31 heavy (non-hydrogen) atoms. The number of halogens is 1. The molecule has 0 unspecified atom stereocenters. The minimum absolute atomic E-state index is 0.160. The van der Waals surface area contributed by atoms with Gasteiger partial charge in [0.1, 0.15) is 5.76 Å². The Morgan fingerprint density at radius 2 is 1.81 bits per heavy atom. The van der Waals surface area contributed by atoms with Gasteiger partial charge in [-0.2, -0.15) is 0 Å². The highest BCUT2D eigenvalue weighted by Crippen LogP contribution is 2.18. The van der Waals surface area contributed by atoms with Crippen LogP contribution in [0.15, 0.2) is 77.5 Å². The molecule has 4 aromatic rings. The second-order valence-electron chi connectivity index (χ2n) is 6.64. The van der Waals surface area contributed by atoms with Crippen LogP contribution in [0.25, 0.3) is 5.69 Å². The van der Waals surface area contributed by atoms with Gasteiger partial charge in [-0.15, -0.1) is 5.10 Å². The molecule has 0 atom stereocenters. The lowest BCUT2D eigenvalue weighted by Gasteiger charge is -2.07. The summed E-state index contributed by atoms with van der Waals surface area (Å²) in [5.41, 5.74) is 2.05. The van der Waals surface area contributed by atoms with E-state index in [0.29, 0.717) is 28.6 Å². The first-order valence-electron chi connectivity index (χ1n) is 9.45. The number of hydrogen-bond donors (Lipinski definition) is 2. The fraction of sp³-hybridized carbons (Fsp3) is 0.0909. The molecule has 0 saturated carbocycles. The van der Waals surface area contributed by atoms with Crippen molar-refractivity contribution < 1.29 is 14.0 Å². The molecule has 2 aromatic heterocycles. The van der Waals surface area contributed by atoms with E-state index in [0.717, 1.165) is 5.56 Å². The van der Waals surface area contributed by atoms with Crippen LogP contribution in [0.1, 0.15) is 32.2 Å². The fourth-order valence-electron chi connectivity index (χ4n) is 2.90. The zero-order valence-electron chi connectivity index (χ0n) is 16.3. The van der Waals surface area contributed by atoms with E-state index < -0.39 is 0 Å². The van der Waals surface area contributed by atoms with E-state index in [4.69, 9.17) is 16.0 Å². The highest BCUT2D eigenvalue weighted by Gasteiger charge is 2.13. The van der Waals surface area contributed by atoms with Gasteiger partial charge in [-0.05, 0) is 42.0 Å². The second kappa shape index (κ2) is 9.27. The molecule has 0 aliphatic rings. The summed E-state index contributed by atoms with van der Waals surface area (Å²) in [6.45, 7) is 0.533. The standard InChI is InChI=1S/C22H18ClN5O3/c23-18-8-1-2-9-20(18)28-14-19(26-27-28)22(30)24-12-15-5-3-6-16(11-15)21(29)25-13-17-7-4-10-31-17/h1-11,14H,12-13H2,(H,24,30)(H,25,29). The lowest BCUT2D eigenvalue weighted by molar-refractivity contribution is 0.0941. The van der Waals surface area contributed by atoms with E-state index in [1.165, 1.54) is 10.9 Å². The molecule has 2 amide bonds. The lowest BCUT2D eigenvalue weighted by atomic mass is 10.1. The van der Waals surface area contributed by atoms with Gasteiger partial charge in [0, 0.05) is 12.1 Å². The van der Waals surface area contributed by atoms with Crippen molar-refractivity contribution in [3.8, 4) is 5.69 Å². The van der Waals surface area contributed by atoms with Crippen molar-refractivity contribution in [2.45, 2.75) is 13.1 Å². The molecule has 9 heteroatoms. The zero-order chi connectivity index (χ0) is 21.6. The quantitative estimate of drug-likeness (QED) is 0.463. The first-order valence-corrected chi connectivity index (χ1v) is 9.83. The Balaban J connectivity index is 1.36. The maximum atomic E-state index is 12.5. The average molecular weight is 436 g/mol. The molecule has 2 aromatic carbocycles. The predicted molar refractivity (Wildman–Crippen MR) is 114 cm³/mol. The Morgan fingerprint density at radius 3 is 2.61 bits per heavy atom. The van der Waals surface area contributed by atoms with Gasteiger partial charge < -0.3 is 15.1 Å². The van der Waals surface area contributed by atoms with Crippen LogP contribution >= 0.6 is 11.6 Å². The first kappa shape index (κ1) is 20.4. The van der Waals surface area contributed by atoms with Gasteiger partial charge in [0.05, 0.1) is 29.7 Å². The number of amides is 2. The molecule has 0 saturated heterocycles. The topological polar surface area (TPSA) is 102 Å². The van der Waals surface area contributed by atoms with Gasteiger partial charge in [0.2, 0.25) is 0 Å². The third kappa shape index (κ3) is 4.99. The molecule has 2 heterocycles. The third-order valence-corrected chi connectivity index (χ3v) is 4.79. The summed E-state index contributed by atoms with van der Waals surface area (Å²) >= 11 is 6.15. The number of nitrogens with one attached hydrogen (secondary N) is 2. The van der Waals surface area contributed by atoms with Crippen LogP contribution in [0.4, 0.5) is 0 Å². The Kier molecular flexibility index (Phi) is 6.09. The molecule has 8 nitrogen and oxygen atoms in total. The van der Waals surface area contributed by atoms with E-state index in [-0.39, 0.29) is 24.1 Å².